The van der Waals surface area contributed by atoms with Crippen molar-refractivity contribution in [1.29, 1.82) is 0 Å². The first-order valence-electron chi connectivity index (χ1n) is 4.71. The van der Waals surface area contributed by atoms with Gasteiger partial charge in [0.1, 0.15) is 6.26 Å². The zero-order chi connectivity index (χ0) is 12.3. The van der Waals surface area contributed by atoms with E-state index in [-0.39, 0.29) is 17.1 Å². The largest absolute Gasteiger partial charge is 0.478 e. The molecule has 2 aromatic rings. The molecule has 0 atom stereocenters. The summed E-state index contributed by atoms with van der Waals surface area (Å²) in [5.74, 6) is -1.74. The lowest BCUT2D eigenvalue weighted by atomic mass is 10.1. The number of amides is 1. The summed E-state index contributed by atoms with van der Waals surface area (Å²) in [6.07, 6.45) is 2.68. The van der Waals surface area contributed by atoms with Crippen molar-refractivity contribution in [2.75, 3.05) is 5.32 Å². The van der Waals surface area contributed by atoms with Crippen LogP contribution in [0.2, 0.25) is 0 Å². The van der Waals surface area contributed by atoms with Crippen molar-refractivity contribution >= 4 is 17.9 Å². The standard InChI is InChI=1S/C11H8N2O4/c14-9(13-11-12-5-6-17-11)7-3-1-2-4-8(7)10(15)16/h1-6H,(H,15,16)(H,12,13,14). The predicted molar refractivity (Wildman–Crippen MR) is 57.9 cm³/mol. The molecule has 0 bridgehead atoms. The van der Waals surface area contributed by atoms with Crippen molar-refractivity contribution < 1.29 is 19.1 Å². The quantitative estimate of drug-likeness (QED) is 0.838. The van der Waals surface area contributed by atoms with E-state index in [4.69, 9.17) is 9.52 Å². The average Bonchev–Trinajstić information content (AvgIpc) is 2.81. The highest BCUT2D eigenvalue weighted by Crippen LogP contribution is 2.11. The molecule has 86 valence electrons. The first kappa shape index (κ1) is 10.9. The summed E-state index contributed by atoms with van der Waals surface area (Å²) in [6.45, 7) is 0. The highest BCUT2D eigenvalue weighted by molar-refractivity contribution is 6.09. The highest BCUT2D eigenvalue weighted by atomic mass is 16.4. The van der Waals surface area contributed by atoms with Crippen molar-refractivity contribution in [3.8, 4) is 0 Å². The van der Waals surface area contributed by atoms with E-state index >= 15 is 0 Å². The van der Waals surface area contributed by atoms with Crippen molar-refractivity contribution in [2.45, 2.75) is 0 Å². The number of aromatic nitrogens is 1. The summed E-state index contributed by atoms with van der Waals surface area (Å²) >= 11 is 0. The van der Waals surface area contributed by atoms with Gasteiger partial charge in [0.05, 0.1) is 17.3 Å². The minimum absolute atomic E-state index is 0.0233. The third-order valence-corrected chi connectivity index (χ3v) is 2.05. The normalized spacial score (nSPS) is 9.88. The molecule has 6 heteroatoms. The summed E-state index contributed by atoms with van der Waals surface area (Å²) in [4.78, 5) is 26.4. The number of aromatic carboxylic acids is 1. The van der Waals surface area contributed by atoms with Crippen LogP contribution in [0.3, 0.4) is 0 Å². The number of rotatable bonds is 3. The van der Waals surface area contributed by atoms with Gasteiger partial charge in [-0.25, -0.2) is 9.78 Å². The fraction of sp³-hybridized carbons (Fsp3) is 0. The molecule has 2 N–H and O–H groups in total. The fourth-order valence-corrected chi connectivity index (χ4v) is 1.32. The van der Waals surface area contributed by atoms with Gasteiger partial charge in [-0.2, -0.15) is 0 Å². The lowest BCUT2D eigenvalue weighted by molar-refractivity contribution is 0.0692. The topological polar surface area (TPSA) is 92.4 Å². The second-order valence-corrected chi connectivity index (χ2v) is 3.14. The van der Waals surface area contributed by atoms with Crippen molar-refractivity contribution in [2.24, 2.45) is 0 Å². The van der Waals surface area contributed by atoms with E-state index in [1.54, 1.807) is 12.1 Å². The summed E-state index contributed by atoms with van der Waals surface area (Å²) in [6, 6.07) is 5.92. The summed E-state index contributed by atoms with van der Waals surface area (Å²) in [5, 5.41) is 11.3. The lowest BCUT2D eigenvalue weighted by Crippen LogP contribution is -2.16. The third-order valence-electron chi connectivity index (χ3n) is 2.05. The number of carboxylic acids is 1. The Balaban J connectivity index is 2.28. The number of nitrogens with one attached hydrogen (secondary N) is 1. The maximum atomic E-state index is 11.8. The molecule has 17 heavy (non-hydrogen) atoms. The van der Waals surface area contributed by atoms with Gasteiger partial charge in [-0.3, -0.25) is 10.1 Å². The molecule has 1 heterocycles. The lowest BCUT2D eigenvalue weighted by Gasteiger charge is -2.04. The number of hydrogen-bond acceptors (Lipinski definition) is 4. The molecule has 2 rings (SSSR count). The molecule has 0 aliphatic carbocycles. The number of oxazole rings is 1. The number of anilines is 1. The Morgan fingerprint density at radius 2 is 1.94 bits per heavy atom. The van der Waals surface area contributed by atoms with Gasteiger partial charge in [0.25, 0.3) is 5.91 Å². The first-order chi connectivity index (χ1) is 8.18. The van der Waals surface area contributed by atoms with Crippen molar-refractivity contribution in [3.05, 3.63) is 47.9 Å². The van der Waals surface area contributed by atoms with Gasteiger partial charge in [-0.05, 0) is 12.1 Å². The molecule has 0 unspecified atom stereocenters. The Bertz CT molecular complexity index is 548. The molecule has 0 aliphatic heterocycles. The van der Waals surface area contributed by atoms with Gasteiger partial charge in [-0.15, -0.1) is 0 Å². The van der Waals surface area contributed by atoms with Crippen LogP contribution in [0.5, 0.6) is 0 Å². The number of benzene rings is 1. The maximum Gasteiger partial charge on any atom is 0.336 e. The van der Waals surface area contributed by atoms with Crippen LogP contribution in [0.4, 0.5) is 6.01 Å². The second-order valence-electron chi connectivity index (χ2n) is 3.14. The molecule has 1 amide bonds. The molecule has 0 fully saturated rings. The van der Waals surface area contributed by atoms with Crippen LogP contribution >= 0.6 is 0 Å². The van der Waals surface area contributed by atoms with Crippen LogP contribution in [0.25, 0.3) is 0 Å². The van der Waals surface area contributed by atoms with E-state index in [1.807, 2.05) is 0 Å². The maximum absolute atomic E-state index is 11.8. The Kier molecular flexibility index (Phi) is 2.87. The first-order valence-corrected chi connectivity index (χ1v) is 4.71. The van der Waals surface area contributed by atoms with Crippen LogP contribution in [-0.4, -0.2) is 22.0 Å². The van der Waals surface area contributed by atoms with Gasteiger partial charge in [0.15, 0.2) is 0 Å². The summed E-state index contributed by atoms with van der Waals surface area (Å²) in [7, 11) is 0. The molecule has 6 nitrogen and oxygen atoms in total. The Morgan fingerprint density at radius 3 is 2.53 bits per heavy atom. The molecule has 0 radical (unpaired) electrons. The number of carboxylic acid groups (broad SMARTS) is 1. The summed E-state index contributed by atoms with van der Waals surface area (Å²) in [5.41, 5.74) is -0.0187. The number of carbonyl (C=O) groups excluding carboxylic acids is 1. The van der Waals surface area contributed by atoms with Crippen LogP contribution in [0.1, 0.15) is 20.7 Å². The number of nitrogens with zero attached hydrogens (tertiary/aromatic N) is 1. The smallest absolute Gasteiger partial charge is 0.336 e. The molecule has 0 spiro atoms. The van der Waals surface area contributed by atoms with Crippen molar-refractivity contribution in [3.63, 3.8) is 0 Å². The highest BCUT2D eigenvalue weighted by Gasteiger charge is 2.16. The van der Waals surface area contributed by atoms with Gasteiger partial charge >= 0.3 is 12.0 Å². The van der Waals surface area contributed by atoms with Crippen LogP contribution in [-0.2, 0) is 0 Å². The van der Waals surface area contributed by atoms with E-state index in [1.165, 1.54) is 24.6 Å². The second kappa shape index (κ2) is 4.48. The van der Waals surface area contributed by atoms with E-state index in [9.17, 15) is 9.59 Å². The van der Waals surface area contributed by atoms with E-state index < -0.39 is 11.9 Å². The Labute approximate surface area is 95.9 Å². The molecule has 0 aliphatic rings. The fourth-order valence-electron chi connectivity index (χ4n) is 1.32. The molecule has 1 aromatic heterocycles. The van der Waals surface area contributed by atoms with E-state index in [0.29, 0.717) is 0 Å². The third kappa shape index (κ3) is 2.31. The SMILES string of the molecule is O=C(O)c1ccccc1C(=O)Nc1ncco1. The number of carbonyl (C=O) groups is 2. The zero-order valence-corrected chi connectivity index (χ0v) is 8.58. The zero-order valence-electron chi connectivity index (χ0n) is 8.58. The van der Waals surface area contributed by atoms with Crippen molar-refractivity contribution in [1.82, 2.24) is 4.98 Å². The molecular formula is C11H8N2O4. The van der Waals surface area contributed by atoms with Gasteiger partial charge in [0, 0.05) is 0 Å². The summed E-state index contributed by atoms with van der Waals surface area (Å²) < 4.78 is 4.84. The molecular weight excluding hydrogens is 224 g/mol. The van der Waals surface area contributed by atoms with E-state index in [0.717, 1.165) is 0 Å². The minimum atomic E-state index is -1.16. The van der Waals surface area contributed by atoms with Crippen LogP contribution in [0.15, 0.2) is 41.1 Å². The average molecular weight is 232 g/mol. The minimum Gasteiger partial charge on any atom is -0.478 e. The Morgan fingerprint density at radius 1 is 1.24 bits per heavy atom. The van der Waals surface area contributed by atoms with E-state index in [2.05, 4.69) is 10.3 Å². The van der Waals surface area contributed by atoms with Crippen LogP contribution in [0, 0.1) is 0 Å². The van der Waals surface area contributed by atoms with Gasteiger partial charge in [-0.1, -0.05) is 12.1 Å². The number of hydrogen-bond donors (Lipinski definition) is 2. The molecule has 1 aromatic carbocycles. The molecule has 0 saturated heterocycles. The molecule has 0 saturated carbocycles. The van der Waals surface area contributed by atoms with Gasteiger partial charge in [0.2, 0.25) is 0 Å². The van der Waals surface area contributed by atoms with Gasteiger partial charge < -0.3 is 9.52 Å². The Hall–Kier alpha value is -2.63. The monoisotopic (exact) mass is 232 g/mol. The predicted octanol–water partition coefficient (Wildman–Crippen LogP) is 1.63. The van der Waals surface area contributed by atoms with Crippen LogP contribution < -0.4 is 5.32 Å².